The molecule has 1 amide bonds. The molecule has 182 valence electrons. The monoisotopic (exact) mass is 501 g/mol. The number of fused-ring (bicyclic) bond motifs is 1. The normalized spacial score (nSPS) is 12.5. The molecule has 0 aliphatic heterocycles. The molecule has 0 radical (unpaired) electrons. The van der Waals surface area contributed by atoms with Crippen molar-refractivity contribution in [2.24, 2.45) is 0 Å². The number of carbonyl (C=O) groups is 1. The minimum atomic E-state index is -4.62. The Labute approximate surface area is 205 Å². The van der Waals surface area contributed by atoms with E-state index in [1.54, 1.807) is 24.5 Å². The fraction of sp³-hybridized carbons (Fsp3) is 0.231. The lowest BCUT2D eigenvalue weighted by Crippen LogP contribution is -2.27. The molecule has 0 saturated carbocycles. The fourth-order valence-electron chi connectivity index (χ4n) is 4.05. The van der Waals surface area contributed by atoms with E-state index in [0.29, 0.717) is 29.8 Å². The Bertz CT molecular complexity index is 1320. The van der Waals surface area contributed by atoms with Crippen LogP contribution in [0, 0.1) is 0 Å². The summed E-state index contributed by atoms with van der Waals surface area (Å²) in [7, 11) is 1.54. The van der Waals surface area contributed by atoms with Crippen LogP contribution >= 0.6 is 11.6 Å². The molecule has 0 unspecified atom stereocenters. The second-order valence-corrected chi connectivity index (χ2v) is 8.48. The first-order valence-corrected chi connectivity index (χ1v) is 11.3. The van der Waals surface area contributed by atoms with Crippen LogP contribution in [0.3, 0.4) is 0 Å². The van der Waals surface area contributed by atoms with E-state index in [-0.39, 0.29) is 17.4 Å². The van der Waals surface area contributed by atoms with Gasteiger partial charge in [0.05, 0.1) is 17.7 Å². The molecule has 1 atom stereocenters. The van der Waals surface area contributed by atoms with Gasteiger partial charge in [0.25, 0.3) is 0 Å². The summed E-state index contributed by atoms with van der Waals surface area (Å²) in [6.07, 6.45) is -0.729. The molecule has 0 bridgehead atoms. The average molecular weight is 502 g/mol. The number of hydrogen-bond donors (Lipinski definition) is 2. The number of pyridine rings is 1. The Balaban J connectivity index is 1.66. The molecule has 5 nitrogen and oxygen atoms in total. The summed E-state index contributed by atoms with van der Waals surface area (Å²) < 4.78 is 46.1. The molecular weight excluding hydrogens is 479 g/mol. The van der Waals surface area contributed by atoms with Crippen molar-refractivity contribution in [1.82, 2.24) is 15.3 Å². The van der Waals surface area contributed by atoms with Gasteiger partial charge in [-0.25, -0.2) is 0 Å². The van der Waals surface area contributed by atoms with Crippen LogP contribution in [-0.2, 0) is 17.4 Å². The maximum absolute atomic E-state index is 13.6. The van der Waals surface area contributed by atoms with E-state index in [1.807, 2.05) is 24.3 Å². The summed E-state index contributed by atoms with van der Waals surface area (Å²) in [5, 5.41) is 3.23. The fourth-order valence-corrected chi connectivity index (χ4v) is 4.28. The smallest absolute Gasteiger partial charge is 0.417 e. The maximum atomic E-state index is 13.6. The molecule has 0 saturated heterocycles. The number of rotatable bonds is 8. The van der Waals surface area contributed by atoms with Crippen LogP contribution in [0.25, 0.3) is 10.9 Å². The van der Waals surface area contributed by atoms with E-state index < -0.39 is 17.7 Å². The van der Waals surface area contributed by atoms with Gasteiger partial charge in [-0.1, -0.05) is 23.7 Å². The van der Waals surface area contributed by atoms with Gasteiger partial charge in [0, 0.05) is 54.3 Å². The highest BCUT2D eigenvalue weighted by atomic mass is 35.5. The minimum absolute atomic E-state index is 0.0503. The van der Waals surface area contributed by atoms with Crippen LogP contribution in [-0.4, -0.2) is 29.5 Å². The van der Waals surface area contributed by atoms with Gasteiger partial charge in [-0.2, -0.15) is 13.2 Å². The van der Waals surface area contributed by atoms with Crippen molar-refractivity contribution in [3.63, 3.8) is 0 Å². The Morgan fingerprint density at radius 2 is 2.00 bits per heavy atom. The van der Waals surface area contributed by atoms with Crippen molar-refractivity contribution in [2.45, 2.75) is 24.9 Å². The number of hydrogen-bond acceptors (Lipinski definition) is 3. The summed E-state index contributed by atoms with van der Waals surface area (Å²) in [6, 6.07) is 14.7. The van der Waals surface area contributed by atoms with E-state index >= 15 is 0 Å². The van der Waals surface area contributed by atoms with E-state index in [2.05, 4.69) is 15.3 Å². The second kappa shape index (κ2) is 10.4. The standard InChI is InChI=1S/C26H23ClF3N3O2/c1-35-18-6-8-24-20(13-18)21(15-33-24)19(16-5-7-23(27)22(12-16)26(28,29)30)14-25(34)32-11-9-17-4-2-3-10-31-17/h2-8,10,12-13,15,19,33H,9,11,14H2,1H3,(H,32,34)/t19-/m1/s1. The Kier molecular flexibility index (Phi) is 7.31. The number of aromatic nitrogens is 2. The van der Waals surface area contributed by atoms with Crippen molar-refractivity contribution in [2.75, 3.05) is 13.7 Å². The largest absolute Gasteiger partial charge is 0.497 e. The highest BCUT2D eigenvalue weighted by Gasteiger charge is 2.34. The first kappa shape index (κ1) is 24.6. The lowest BCUT2D eigenvalue weighted by Gasteiger charge is -2.19. The maximum Gasteiger partial charge on any atom is 0.417 e. The van der Waals surface area contributed by atoms with Crippen molar-refractivity contribution >= 4 is 28.4 Å². The topological polar surface area (TPSA) is 67.0 Å². The summed E-state index contributed by atoms with van der Waals surface area (Å²) in [6.45, 7) is 0.360. The van der Waals surface area contributed by atoms with Crippen molar-refractivity contribution < 1.29 is 22.7 Å². The van der Waals surface area contributed by atoms with Crippen LogP contribution in [0.1, 0.15) is 34.7 Å². The van der Waals surface area contributed by atoms with Gasteiger partial charge in [0.1, 0.15) is 5.75 Å². The lowest BCUT2D eigenvalue weighted by atomic mass is 9.87. The predicted octanol–water partition coefficient (Wildman–Crippen LogP) is 6.12. The SMILES string of the molecule is COc1ccc2[nH]cc([C@H](CC(=O)NCCc3ccccn3)c3ccc(Cl)c(C(F)(F)F)c3)c2c1. The summed E-state index contributed by atoms with van der Waals surface area (Å²) in [5.41, 5.74) is 1.71. The average Bonchev–Trinajstić information content (AvgIpc) is 3.26. The van der Waals surface area contributed by atoms with Gasteiger partial charge in [-0.15, -0.1) is 0 Å². The minimum Gasteiger partial charge on any atom is -0.497 e. The van der Waals surface area contributed by atoms with Crippen LogP contribution in [0.2, 0.25) is 5.02 Å². The van der Waals surface area contributed by atoms with Gasteiger partial charge >= 0.3 is 6.18 Å². The highest BCUT2D eigenvalue weighted by Crippen LogP contribution is 2.40. The molecule has 0 fully saturated rings. The number of nitrogens with one attached hydrogen (secondary N) is 2. The number of halogens is 4. The molecule has 2 heterocycles. The van der Waals surface area contributed by atoms with Gasteiger partial charge in [0.2, 0.25) is 5.91 Å². The van der Waals surface area contributed by atoms with Crippen molar-refractivity contribution in [3.8, 4) is 5.75 Å². The number of aromatic amines is 1. The quantitative estimate of drug-likeness (QED) is 0.305. The number of methoxy groups -OCH3 is 1. The number of nitrogens with zero attached hydrogens (tertiary/aromatic N) is 1. The van der Waals surface area contributed by atoms with Crippen molar-refractivity contribution in [1.29, 1.82) is 0 Å². The molecule has 0 aliphatic rings. The number of carbonyl (C=O) groups excluding carboxylic acids is 1. The van der Waals surface area contributed by atoms with E-state index in [1.165, 1.54) is 19.2 Å². The van der Waals surface area contributed by atoms with Gasteiger partial charge in [-0.05, 0) is 53.6 Å². The summed E-state index contributed by atoms with van der Waals surface area (Å²) >= 11 is 5.85. The molecule has 4 rings (SSSR count). The van der Waals surface area contributed by atoms with E-state index in [4.69, 9.17) is 16.3 Å². The Morgan fingerprint density at radius 1 is 1.17 bits per heavy atom. The van der Waals surface area contributed by atoms with Crippen LogP contribution < -0.4 is 10.1 Å². The van der Waals surface area contributed by atoms with Crippen LogP contribution in [0.4, 0.5) is 13.2 Å². The third-order valence-electron chi connectivity index (χ3n) is 5.81. The number of amides is 1. The highest BCUT2D eigenvalue weighted by molar-refractivity contribution is 6.31. The number of ether oxygens (including phenoxy) is 1. The van der Waals surface area contributed by atoms with Gasteiger partial charge in [0.15, 0.2) is 0 Å². The third-order valence-corrected chi connectivity index (χ3v) is 6.14. The molecule has 0 aliphatic carbocycles. The molecule has 4 aromatic rings. The third kappa shape index (κ3) is 5.77. The zero-order valence-electron chi connectivity index (χ0n) is 18.8. The van der Waals surface area contributed by atoms with Gasteiger partial charge < -0.3 is 15.0 Å². The van der Waals surface area contributed by atoms with Crippen LogP contribution in [0.15, 0.2) is 67.0 Å². The molecule has 0 spiro atoms. The number of alkyl halides is 3. The zero-order chi connectivity index (χ0) is 25.0. The summed E-state index contributed by atoms with van der Waals surface area (Å²) in [5.74, 6) is -0.334. The van der Waals surface area contributed by atoms with Crippen molar-refractivity contribution in [3.05, 3.63) is 94.4 Å². The van der Waals surface area contributed by atoms with E-state index in [9.17, 15) is 18.0 Å². The lowest BCUT2D eigenvalue weighted by molar-refractivity contribution is -0.137. The number of benzene rings is 2. The molecule has 9 heteroatoms. The molecule has 2 N–H and O–H groups in total. The Morgan fingerprint density at radius 3 is 2.71 bits per heavy atom. The molecular formula is C26H23ClF3N3O2. The predicted molar refractivity (Wildman–Crippen MR) is 129 cm³/mol. The second-order valence-electron chi connectivity index (χ2n) is 8.07. The summed E-state index contributed by atoms with van der Waals surface area (Å²) in [4.78, 5) is 20.3. The molecule has 2 aromatic carbocycles. The van der Waals surface area contributed by atoms with Crippen LogP contribution in [0.5, 0.6) is 5.75 Å². The first-order chi connectivity index (χ1) is 16.8. The number of H-pyrrole nitrogens is 1. The molecule has 2 aromatic heterocycles. The Hall–Kier alpha value is -3.52. The first-order valence-electron chi connectivity index (χ1n) is 10.9. The zero-order valence-corrected chi connectivity index (χ0v) is 19.6. The van der Waals surface area contributed by atoms with E-state index in [0.717, 1.165) is 22.7 Å². The van der Waals surface area contributed by atoms with Gasteiger partial charge in [-0.3, -0.25) is 9.78 Å². The molecule has 35 heavy (non-hydrogen) atoms.